The Morgan fingerprint density at radius 1 is 1.50 bits per heavy atom. The third-order valence-electron chi connectivity index (χ3n) is 2.30. The van der Waals surface area contributed by atoms with Crippen LogP contribution in [0.1, 0.15) is 11.3 Å². The van der Waals surface area contributed by atoms with Crippen molar-refractivity contribution in [1.82, 2.24) is 19.9 Å². The van der Waals surface area contributed by atoms with Crippen LogP contribution in [0, 0.1) is 6.92 Å². The van der Waals surface area contributed by atoms with Gasteiger partial charge in [-0.15, -0.1) is 0 Å². The molecule has 0 radical (unpaired) electrons. The molecule has 2 aromatic rings. The van der Waals surface area contributed by atoms with Gasteiger partial charge in [0, 0.05) is 44.2 Å². The lowest BCUT2D eigenvalue weighted by Gasteiger charge is -2.03. The average Bonchev–Trinajstić information content (AvgIpc) is 2.64. The van der Waals surface area contributed by atoms with Crippen LogP contribution in [-0.2, 0) is 11.3 Å². The van der Waals surface area contributed by atoms with E-state index in [0.29, 0.717) is 0 Å². The molecule has 16 heavy (non-hydrogen) atoms. The van der Waals surface area contributed by atoms with E-state index in [2.05, 4.69) is 15.4 Å². The zero-order chi connectivity index (χ0) is 11.4. The molecule has 0 unspecified atom stereocenters. The summed E-state index contributed by atoms with van der Waals surface area (Å²) in [5.74, 6) is 0. The quantitative estimate of drug-likeness (QED) is 0.756. The van der Waals surface area contributed by atoms with Crippen LogP contribution < -0.4 is 5.32 Å². The van der Waals surface area contributed by atoms with Gasteiger partial charge in [-0.3, -0.25) is 0 Å². The number of nitrogens with one attached hydrogen (secondary N) is 1. The Bertz CT molecular complexity index is 466. The van der Waals surface area contributed by atoms with E-state index >= 15 is 0 Å². The van der Waals surface area contributed by atoms with Crippen LogP contribution in [0.2, 0.25) is 0 Å². The van der Waals surface area contributed by atoms with Crippen molar-refractivity contribution in [3.05, 3.63) is 29.7 Å². The van der Waals surface area contributed by atoms with Crippen molar-refractivity contribution in [2.24, 2.45) is 0 Å². The lowest BCUT2D eigenvalue weighted by atomic mass is 10.3. The lowest BCUT2D eigenvalue weighted by molar-refractivity contribution is 0.199. The smallest absolute Gasteiger partial charge is 0.155 e. The van der Waals surface area contributed by atoms with Crippen LogP contribution in [0.4, 0.5) is 0 Å². The van der Waals surface area contributed by atoms with E-state index in [1.54, 1.807) is 7.11 Å². The second-order valence-electron chi connectivity index (χ2n) is 3.72. The third-order valence-corrected chi connectivity index (χ3v) is 2.30. The highest BCUT2D eigenvalue weighted by atomic mass is 16.5. The highest BCUT2D eigenvalue weighted by Crippen LogP contribution is 2.04. The Kier molecular flexibility index (Phi) is 3.48. The Balaban J connectivity index is 2.02. The topological polar surface area (TPSA) is 51.5 Å². The third kappa shape index (κ3) is 2.56. The summed E-state index contributed by atoms with van der Waals surface area (Å²) >= 11 is 0. The van der Waals surface area contributed by atoms with E-state index in [-0.39, 0.29) is 0 Å². The molecule has 0 aromatic carbocycles. The molecule has 5 heteroatoms. The van der Waals surface area contributed by atoms with Gasteiger partial charge < -0.3 is 10.1 Å². The van der Waals surface area contributed by atoms with Crippen LogP contribution in [0.25, 0.3) is 5.65 Å². The molecule has 0 spiro atoms. The van der Waals surface area contributed by atoms with Crippen molar-refractivity contribution < 1.29 is 4.74 Å². The van der Waals surface area contributed by atoms with Gasteiger partial charge in [-0.2, -0.15) is 5.10 Å². The van der Waals surface area contributed by atoms with Gasteiger partial charge in [-0.1, -0.05) is 0 Å². The molecule has 0 fully saturated rings. The minimum absolute atomic E-state index is 0.719. The zero-order valence-corrected chi connectivity index (χ0v) is 9.60. The van der Waals surface area contributed by atoms with Gasteiger partial charge in [0.25, 0.3) is 0 Å². The molecule has 0 saturated heterocycles. The van der Waals surface area contributed by atoms with Crippen molar-refractivity contribution in [3.63, 3.8) is 0 Å². The molecular formula is C11H16N4O. The normalized spacial score (nSPS) is 11.1. The van der Waals surface area contributed by atoms with E-state index in [4.69, 9.17) is 4.74 Å². The minimum Gasteiger partial charge on any atom is -0.383 e. The fraction of sp³-hybridized carbons (Fsp3) is 0.455. The van der Waals surface area contributed by atoms with Gasteiger partial charge in [0.15, 0.2) is 5.65 Å². The number of hydrogen-bond acceptors (Lipinski definition) is 4. The van der Waals surface area contributed by atoms with Crippen LogP contribution in [0.5, 0.6) is 0 Å². The number of fused-ring (bicyclic) bond motifs is 1. The van der Waals surface area contributed by atoms with Crippen molar-refractivity contribution >= 4 is 5.65 Å². The number of rotatable bonds is 5. The monoisotopic (exact) mass is 220 g/mol. The second-order valence-corrected chi connectivity index (χ2v) is 3.72. The number of methoxy groups -OCH3 is 1. The second kappa shape index (κ2) is 5.05. The summed E-state index contributed by atoms with van der Waals surface area (Å²) in [6.45, 7) is 4.31. The fourth-order valence-corrected chi connectivity index (χ4v) is 1.53. The summed E-state index contributed by atoms with van der Waals surface area (Å²) < 4.78 is 6.77. The Morgan fingerprint density at radius 3 is 3.19 bits per heavy atom. The summed E-state index contributed by atoms with van der Waals surface area (Å²) in [5.41, 5.74) is 2.99. The van der Waals surface area contributed by atoms with Crippen LogP contribution in [0.15, 0.2) is 18.5 Å². The zero-order valence-electron chi connectivity index (χ0n) is 9.60. The molecule has 0 bridgehead atoms. The summed E-state index contributed by atoms with van der Waals surface area (Å²) in [7, 11) is 1.70. The maximum absolute atomic E-state index is 4.96. The van der Waals surface area contributed by atoms with Crippen molar-refractivity contribution in [3.8, 4) is 0 Å². The molecule has 86 valence electrons. The van der Waals surface area contributed by atoms with E-state index < -0.39 is 0 Å². The van der Waals surface area contributed by atoms with Gasteiger partial charge >= 0.3 is 0 Å². The molecule has 0 aliphatic heterocycles. The number of aryl methyl sites for hydroxylation is 1. The first kappa shape index (κ1) is 11.0. The largest absolute Gasteiger partial charge is 0.383 e. The van der Waals surface area contributed by atoms with Crippen LogP contribution in [0.3, 0.4) is 0 Å². The van der Waals surface area contributed by atoms with E-state index in [0.717, 1.165) is 36.6 Å². The van der Waals surface area contributed by atoms with Gasteiger partial charge in [0.05, 0.1) is 12.3 Å². The Labute approximate surface area is 94.4 Å². The first-order valence-electron chi connectivity index (χ1n) is 5.30. The fourth-order valence-electron chi connectivity index (χ4n) is 1.53. The van der Waals surface area contributed by atoms with E-state index in [1.165, 1.54) is 0 Å². The highest BCUT2D eigenvalue weighted by Gasteiger charge is 2.00. The maximum atomic E-state index is 4.96. The van der Waals surface area contributed by atoms with E-state index in [9.17, 15) is 0 Å². The molecule has 1 N–H and O–H groups in total. The van der Waals surface area contributed by atoms with Gasteiger partial charge in [0.2, 0.25) is 0 Å². The molecular weight excluding hydrogens is 204 g/mol. The number of nitrogens with zero attached hydrogens (tertiary/aromatic N) is 3. The summed E-state index contributed by atoms with van der Waals surface area (Å²) in [6.07, 6.45) is 3.87. The lowest BCUT2D eigenvalue weighted by Crippen LogP contribution is -2.18. The van der Waals surface area contributed by atoms with Crippen LogP contribution in [-0.4, -0.2) is 34.9 Å². The number of hydrogen-bond donors (Lipinski definition) is 1. The summed E-state index contributed by atoms with van der Waals surface area (Å²) in [4.78, 5) is 4.33. The first-order valence-corrected chi connectivity index (χ1v) is 5.30. The Morgan fingerprint density at radius 2 is 2.38 bits per heavy atom. The van der Waals surface area contributed by atoms with Gasteiger partial charge in [0.1, 0.15) is 0 Å². The summed E-state index contributed by atoms with van der Waals surface area (Å²) in [6, 6.07) is 1.96. The molecule has 0 atom stereocenters. The minimum atomic E-state index is 0.719. The van der Waals surface area contributed by atoms with Crippen molar-refractivity contribution in [2.75, 3.05) is 20.3 Å². The predicted octanol–water partition coefficient (Wildman–Crippen LogP) is 0.774. The Hall–Kier alpha value is -1.46. The molecule has 2 heterocycles. The van der Waals surface area contributed by atoms with Crippen molar-refractivity contribution in [2.45, 2.75) is 13.5 Å². The molecule has 0 aliphatic carbocycles. The average molecular weight is 220 g/mol. The highest BCUT2D eigenvalue weighted by molar-refractivity contribution is 5.38. The summed E-state index contributed by atoms with van der Waals surface area (Å²) in [5, 5.41) is 7.59. The van der Waals surface area contributed by atoms with Crippen LogP contribution >= 0.6 is 0 Å². The van der Waals surface area contributed by atoms with Crippen molar-refractivity contribution in [1.29, 1.82) is 0 Å². The molecule has 2 aromatic heterocycles. The molecule has 5 nitrogen and oxygen atoms in total. The first-order chi connectivity index (χ1) is 7.79. The molecule has 0 saturated carbocycles. The van der Waals surface area contributed by atoms with Gasteiger partial charge in [-0.25, -0.2) is 9.50 Å². The molecule has 2 rings (SSSR count). The number of ether oxygens (including phenoxy) is 1. The SMILES string of the molecule is COCCNCc1cnc2cc(C)nn2c1. The standard InChI is InChI=1S/C11H16N4O/c1-9-5-11-13-7-10(8-15(11)14-9)6-12-3-4-16-2/h5,7-8,12H,3-4,6H2,1-2H3. The van der Waals surface area contributed by atoms with Gasteiger partial charge in [-0.05, 0) is 6.92 Å². The predicted molar refractivity (Wildman–Crippen MR) is 61.3 cm³/mol. The number of aromatic nitrogens is 3. The van der Waals surface area contributed by atoms with E-state index in [1.807, 2.05) is 29.9 Å². The molecule has 0 amide bonds. The molecule has 0 aliphatic rings. The maximum Gasteiger partial charge on any atom is 0.155 e.